The fourth-order valence-corrected chi connectivity index (χ4v) is 4.46. The predicted octanol–water partition coefficient (Wildman–Crippen LogP) is -3.95. The normalized spacial score (nSPS) is 36.9. The summed E-state index contributed by atoms with van der Waals surface area (Å²) < 4.78 is 17.9. The maximum atomic E-state index is 10.4. The molecule has 2 fully saturated rings. The molecule has 4 heterocycles. The molecule has 214 valence electrons. The molecule has 11 atom stereocenters. The Bertz CT molecular complexity index is 1040. The van der Waals surface area contributed by atoms with Gasteiger partial charge in [-0.3, -0.25) is 4.57 Å². The molecule has 0 spiro atoms. The molecule has 16 heteroatoms. The summed E-state index contributed by atoms with van der Waals surface area (Å²) in [5.74, 6) is 0.374. The number of nitrogens with zero attached hydrogens (tertiary/aromatic N) is 4. The largest absolute Gasteiger partial charge is 0.394 e. The van der Waals surface area contributed by atoms with Gasteiger partial charge in [-0.05, 0) is 12.3 Å². The average molecular weight is 546 g/mol. The van der Waals surface area contributed by atoms with Crippen LogP contribution in [0.1, 0.15) is 19.6 Å². The SMILES string of the molecule is CC(CCNc1ncnc2c1ncn2[C@H]1O[C@H](CO)[C@@H](O)[C@H](O)[C@H]1O)CO[C@H]1O[C@H](CO)[C@@H](O)[C@H](O)[C@H]1O. The number of rotatable bonds is 10. The molecule has 2 aliphatic rings. The second-order valence-electron chi connectivity index (χ2n) is 9.62. The van der Waals surface area contributed by atoms with Crippen LogP contribution in [0.2, 0.25) is 0 Å². The summed E-state index contributed by atoms with van der Waals surface area (Å²) in [6, 6.07) is 0. The minimum atomic E-state index is -1.55. The second kappa shape index (κ2) is 12.4. The zero-order valence-corrected chi connectivity index (χ0v) is 20.6. The van der Waals surface area contributed by atoms with Crippen LogP contribution >= 0.6 is 0 Å². The molecule has 0 aliphatic carbocycles. The average Bonchev–Trinajstić information content (AvgIpc) is 3.35. The smallest absolute Gasteiger partial charge is 0.186 e. The Morgan fingerprint density at radius 2 is 1.55 bits per heavy atom. The van der Waals surface area contributed by atoms with Crippen molar-refractivity contribution >= 4 is 17.0 Å². The zero-order valence-electron chi connectivity index (χ0n) is 20.6. The van der Waals surface area contributed by atoms with Crippen LogP contribution < -0.4 is 5.32 Å². The minimum absolute atomic E-state index is 0.0288. The fourth-order valence-electron chi connectivity index (χ4n) is 4.46. The van der Waals surface area contributed by atoms with Crippen LogP contribution in [0.3, 0.4) is 0 Å². The molecule has 38 heavy (non-hydrogen) atoms. The molecule has 0 saturated carbocycles. The Morgan fingerprint density at radius 1 is 0.895 bits per heavy atom. The number of aliphatic hydroxyl groups is 8. The highest BCUT2D eigenvalue weighted by Gasteiger charge is 2.45. The van der Waals surface area contributed by atoms with Gasteiger partial charge in [0.15, 0.2) is 29.5 Å². The maximum Gasteiger partial charge on any atom is 0.186 e. The van der Waals surface area contributed by atoms with Gasteiger partial charge in [-0.25, -0.2) is 15.0 Å². The number of aliphatic hydroxyl groups excluding tert-OH is 8. The minimum Gasteiger partial charge on any atom is -0.394 e. The van der Waals surface area contributed by atoms with Gasteiger partial charge in [-0.15, -0.1) is 0 Å². The molecule has 0 radical (unpaired) electrons. The van der Waals surface area contributed by atoms with E-state index in [4.69, 9.17) is 14.2 Å². The van der Waals surface area contributed by atoms with E-state index in [-0.39, 0.29) is 12.5 Å². The third-order valence-electron chi connectivity index (χ3n) is 6.82. The van der Waals surface area contributed by atoms with Gasteiger partial charge in [-0.1, -0.05) is 6.92 Å². The van der Waals surface area contributed by atoms with Gasteiger partial charge in [0.05, 0.1) is 26.1 Å². The standard InChI is InChI=1S/C22H35N5O11/c1-9(6-36-22-18(35)16(33)14(31)11(5-29)38-22)2-3-23-19-12-20(25-7-24-19)27(8-26-12)21-17(34)15(32)13(30)10(4-28)37-21/h7-11,13-18,21-22,28-35H,2-6H2,1H3,(H,23,24,25)/t9?,10-,11-,13-,14-,15+,16+,17-,18-,21+,22+/m1/s1. The van der Waals surface area contributed by atoms with Crippen LogP contribution in [0.4, 0.5) is 5.82 Å². The summed E-state index contributed by atoms with van der Waals surface area (Å²) in [6.45, 7) is 1.40. The van der Waals surface area contributed by atoms with Crippen molar-refractivity contribution in [2.75, 3.05) is 31.7 Å². The van der Waals surface area contributed by atoms with Gasteiger partial charge < -0.3 is 60.4 Å². The van der Waals surface area contributed by atoms with Crippen molar-refractivity contribution in [1.82, 2.24) is 19.5 Å². The Kier molecular flexibility index (Phi) is 9.43. The van der Waals surface area contributed by atoms with Crippen molar-refractivity contribution in [2.24, 2.45) is 5.92 Å². The number of hydrogen-bond donors (Lipinski definition) is 9. The summed E-state index contributed by atoms with van der Waals surface area (Å²) in [4.78, 5) is 12.7. The molecule has 2 aliphatic heterocycles. The maximum absolute atomic E-state index is 10.4. The number of aromatic nitrogens is 4. The van der Waals surface area contributed by atoms with Gasteiger partial charge in [0, 0.05) is 6.54 Å². The number of imidazole rings is 1. The number of hydrogen-bond acceptors (Lipinski definition) is 15. The highest BCUT2D eigenvalue weighted by atomic mass is 16.7. The molecule has 2 aromatic heterocycles. The zero-order chi connectivity index (χ0) is 27.6. The third kappa shape index (κ3) is 5.75. The molecular formula is C22H35N5O11. The lowest BCUT2D eigenvalue weighted by Crippen LogP contribution is -2.59. The van der Waals surface area contributed by atoms with E-state index >= 15 is 0 Å². The molecular weight excluding hydrogens is 510 g/mol. The summed E-state index contributed by atoms with van der Waals surface area (Å²) in [6.07, 6.45) is -10.2. The third-order valence-corrected chi connectivity index (χ3v) is 6.82. The lowest BCUT2D eigenvalue weighted by atomic mass is 9.98. The Hall–Kier alpha value is -2.09. The van der Waals surface area contributed by atoms with Gasteiger partial charge in [-0.2, -0.15) is 0 Å². The summed E-state index contributed by atoms with van der Waals surface area (Å²) in [5, 5.41) is 82.3. The molecule has 16 nitrogen and oxygen atoms in total. The molecule has 1 unspecified atom stereocenters. The summed E-state index contributed by atoms with van der Waals surface area (Å²) >= 11 is 0. The van der Waals surface area contributed by atoms with Gasteiger partial charge >= 0.3 is 0 Å². The predicted molar refractivity (Wildman–Crippen MR) is 126 cm³/mol. The monoisotopic (exact) mass is 545 g/mol. The van der Waals surface area contributed by atoms with Crippen molar-refractivity contribution in [2.45, 2.75) is 74.7 Å². The van der Waals surface area contributed by atoms with E-state index in [1.807, 2.05) is 6.92 Å². The number of ether oxygens (including phenoxy) is 3. The van der Waals surface area contributed by atoms with Crippen LogP contribution in [-0.4, -0.2) is 142 Å². The molecule has 0 amide bonds. The van der Waals surface area contributed by atoms with Crippen molar-refractivity contribution in [3.63, 3.8) is 0 Å². The first-order valence-corrected chi connectivity index (χ1v) is 12.3. The van der Waals surface area contributed by atoms with E-state index in [0.29, 0.717) is 29.9 Å². The first-order chi connectivity index (χ1) is 18.2. The van der Waals surface area contributed by atoms with E-state index in [1.165, 1.54) is 17.2 Å². The Morgan fingerprint density at radius 3 is 2.24 bits per heavy atom. The molecule has 4 rings (SSSR count). The van der Waals surface area contributed by atoms with Gasteiger partial charge in [0.25, 0.3) is 0 Å². The summed E-state index contributed by atoms with van der Waals surface area (Å²) in [7, 11) is 0. The first kappa shape index (κ1) is 28.9. The van der Waals surface area contributed by atoms with Crippen LogP contribution in [-0.2, 0) is 14.2 Å². The van der Waals surface area contributed by atoms with Crippen LogP contribution in [0.25, 0.3) is 11.2 Å². The van der Waals surface area contributed by atoms with Crippen molar-refractivity contribution < 1.29 is 55.1 Å². The summed E-state index contributed by atoms with van der Waals surface area (Å²) in [5.41, 5.74) is 0.667. The van der Waals surface area contributed by atoms with Crippen molar-refractivity contribution in [1.29, 1.82) is 0 Å². The number of fused-ring (bicyclic) bond motifs is 1. The van der Waals surface area contributed by atoms with E-state index in [2.05, 4.69) is 20.3 Å². The van der Waals surface area contributed by atoms with Crippen LogP contribution in [0, 0.1) is 5.92 Å². The number of anilines is 1. The van der Waals surface area contributed by atoms with E-state index in [9.17, 15) is 40.9 Å². The number of nitrogens with one attached hydrogen (secondary N) is 1. The van der Waals surface area contributed by atoms with Crippen LogP contribution in [0.5, 0.6) is 0 Å². The Balaban J connectivity index is 1.34. The highest BCUT2D eigenvalue weighted by molar-refractivity contribution is 5.82. The molecule has 2 saturated heterocycles. The van der Waals surface area contributed by atoms with Gasteiger partial charge in [0.1, 0.15) is 55.2 Å². The fraction of sp³-hybridized carbons (Fsp3) is 0.773. The second-order valence-corrected chi connectivity index (χ2v) is 9.62. The van der Waals surface area contributed by atoms with E-state index in [0.717, 1.165) is 0 Å². The quantitative estimate of drug-likeness (QED) is 0.138. The van der Waals surface area contributed by atoms with E-state index < -0.39 is 74.6 Å². The highest BCUT2D eigenvalue weighted by Crippen LogP contribution is 2.31. The van der Waals surface area contributed by atoms with E-state index in [1.54, 1.807) is 0 Å². The van der Waals surface area contributed by atoms with Gasteiger partial charge in [0.2, 0.25) is 0 Å². The van der Waals surface area contributed by atoms with Crippen LogP contribution in [0.15, 0.2) is 12.7 Å². The first-order valence-electron chi connectivity index (χ1n) is 12.3. The molecule has 0 aromatic carbocycles. The molecule has 9 N–H and O–H groups in total. The Labute approximate surface area is 217 Å². The van der Waals surface area contributed by atoms with Crippen molar-refractivity contribution in [3.8, 4) is 0 Å². The van der Waals surface area contributed by atoms with Crippen molar-refractivity contribution in [3.05, 3.63) is 12.7 Å². The lowest BCUT2D eigenvalue weighted by Gasteiger charge is -2.40. The molecule has 0 bridgehead atoms. The molecule has 2 aromatic rings. The topological polar surface area (TPSA) is 245 Å². The lowest BCUT2D eigenvalue weighted by molar-refractivity contribution is -0.303.